The average Bonchev–Trinajstić information content (AvgIpc) is 3.37. The summed E-state index contributed by atoms with van der Waals surface area (Å²) in [5.74, 6) is -2.45. The molecule has 1 N–H and O–H groups in total. The van der Waals surface area contributed by atoms with Gasteiger partial charge >= 0.3 is 5.97 Å². The zero-order valence-electron chi connectivity index (χ0n) is 17.0. The van der Waals surface area contributed by atoms with Crippen LogP contribution in [0.3, 0.4) is 0 Å². The first-order valence-corrected chi connectivity index (χ1v) is 10.8. The largest absolute Gasteiger partial charge is 0.454 e. The van der Waals surface area contributed by atoms with Gasteiger partial charge in [-0.25, -0.2) is 4.79 Å². The number of amides is 3. The van der Waals surface area contributed by atoms with Crippen molar-refractivity contribution in [2.45, 2.75) is 33.2 Å². The van der Waals surface area contributed by atoms with Crippen LogP contribution in [0.25, 0.3) is 0 Å². The molecule has 7 nitrogen and oxygen atoms in total. The summed E-state index contributed by atoms with van der Waals surface area (Å²) in [4.78, 5) is 51.3. The molecule has 2 bridgehead atoms. The third kappa shape index (κ3) is 3.37. The molecular weight excluding hydrogens is 452 g/mol. The number of nitrogens with one attached hydrogen (secondary N) is 1. The van der Waals surface area contributed by atoms with Crippen molar-refractivity contribution in [2.75, 3.05) is 11.9 Å². The highest BCUT2D eigenvalue weighted by Crippen LogP contribution is 2.52. The number of benzene rings is 1. The minimum Gasteiger partial charge on any atom is -0.454 e. The van der Waals surface area contributed by atoms with Gasteiger partial charge in [-0.1, -0.05) is 28.1 Å². The van der Waals surface area contributed by atoms with Crippen molar-refractivity contribution in [3.8, 4) is 0 Å². The SMILES string of the molecule is Cc1cc(NC(=O)COC(=O)[C@H](C)N2C(=O)[C@@H]3[C@@H](C2=O)[C@H]2C=C[C@H]3C2)cc(C)c1Br. The molecule has 1 aromatic rings. The van der Waals surface area contributed by atoms with E-state index in [-0.39, 0.29) is 35.5 Å². The summed E-state index contributed by atoms with van der Waals surface area (Å²) in [5, 5.41) is 2.69. The molecule has 0 radical (unpaired) electrons. The maximum Gasteiger partial charge on any atom is 0.329 e. The van der Waals surface area contributed by atoms with Gasteiger partial charge in [-0.05, 0) is 62.3 Å². The second-order valence-electron chi connectivity index (χ2n) is 8.30. The number of nitrogens with zero attached hydrogens (tertiary/aromatic N) is 1. The minimum absolute atomic E-state index is 0.0771. The molecule has 158 valence electrons. The first-order chi connectivity index (χ1) is 14.2. The summed E-state index contributed by atoms with van der Waals surface area (Å²) in [6, 6.07) is 2.56. The second-order valence-corrected chi connectivity index (χ2v) is 9.10. The van der Waals surface area contributed by atoms with E-state index in [4.69, 9.17) is 4.74 Å². The number of likely N-dealkylation sites (tertiary alicyclic amines) is 1. The van der Waals surface area contributed by atoms with E-state index in [1.807, 2.05) is 38.1 Å². The molecule has 1 aliphatic heterocycles. The number of rotatable bonds is 5. The van der Waals surface area contributed by atoms with Gasteiger partial charge in [0.1, 0.15) is 6.04 Å². The fourth-order valence-electron chi connectivity index (χ4n) is 4.88. The van der Waals surface area contributed by atoms with Crippen molar-refractivity contribution in [2.24, 2.45) is 23.7 Å². The Morgan fingerprint density at radius 2 is 1.67 bits per heavy atom. The smallest absolute Gasteiger partial charge is 0.329 e. The van der Waals surface area contributed by atoms with Crippen LogP contribution in [0.2, 0.25) is 0 Å². The molecule has 8 heteroatoms. The molecule has 0 aromatic heterocycles. The number of allylic oxidation sites excluding steroid dienone is 2. The van der Waals surface area contributed by atoms with E-state index in [2.05, 4.69) is 21.2 Å². The van der Waals surface area contributed by atoms with Crippen molar-refractivity contribution in [3.05, 3.63) is 39.9 Å². The standard InChI is InChI=1S/C22H23BrN2O5/c1-10-6-15(7-11(2)19(10)23)24-16(26)9-30-22(29)12(3)25-20(27)17-13-4-5-14(8-13)18(17)21(25)28/h4-7,12-14,17-18H,8-9H2,1-3H3,(H,24,26)/t12-,13-,14-,17-,18-/m0/s1. The first kappa shape index (κ1) is 20.8. The summed E-state index contributed by atoms with van der Waals surface area (Å²) in [5.41, 5.74) is 2.54. The Morgan fingerprint density at radius 3 is 2.20 bits per heavy atom. The molecular formula is C22H23BrN2O5. The van der Waals surface area contributed by atoms with E-state index in [1.165, 1.54) is 6.92 Å². The van der Waals surface area contributed by atoms with Gasteiger partial charge in [0.15, 0.2) is 6.61 Å². The molecule has 1 heterocycles. The van der Waals surface area contributed by atoms with Gasteiger partial charge < -0.3 is 10.1 Å². The van der Waals surface area contributed by atoms with Crippen LogP contribution >= 0.6 is 15.9 Å². The van der Waals surface area contributed by atoms with Crippen LogP contribution in [0, 0.1) is 37.5 Å². The molecule has 1 aromatic carbocycles. The first-order valence-electron chi connectivity index (χ1n) is 9.97. The normalized spacial score (nSPS) is 27.4. The van der Waals surface area contributed by atoms with Gasteiger partial charge in [0, 0.05) is 10.2 Å². The van der Waals surface area contributed by atoms with Gasteiger partial charge in [0.2, 0.25) is 11.8 Å². The molecule has 1 saturated carbocycles. The summed E-state index contributed by atoms with van der Waals surface area (Å²) in [6.07, 6.45) is 4.83. The van der Waals surface area contributed by atoms with E-state index in [0.717, 1.165) is 26.9 Å². The predicted molar refractivity (Wildman–Crippen MR) is 112 cm³/mol. The van der Waals surface area contributed by atoms with Crippen molar-refractivity contribution < 1.29 is 23.9 Å². The molecule has 3 aliphatic rings. The number of hydrogen-bond acceptors (Lipinski definition) is 5. The van der Waals surface area contributed by atoms with Crippen molar-refractivity contribution >= 4 is 45.3 Å². The maximum atomic E-state index is 12.8. The zero-order valence-corrected chi connectivity index (χ0v) is 18.6. The Balaban J connectivity index is 1.35. The van der Waals surface area contributed by atoms with Crippen LogP contribution in [-0.4, -0.2) is 41.2 Å². The third-order valence-corrected chi connectivity index (χ3v) is 7.55. The van der Waals surface area contributed by atoms with E-state index >= 15 is 0 Å². The lowest BCUT2D eigenvalue weighted by atomic mass is 9.85. The van der Waals surface area contributed by atoms with Crippen LogP contribution in [0.4, 0.5) is 5.69 Å². The Bertz CT molecular complexity index is 935. The summed E-state index contributed by atoms with van der Waals surface area (Å²) >= 11 is 3.47. The Labute approximate surface area is 183 Å². The van der Waals surface area contributed by atoms with E-state index < -0.39 is 24.5 Å². The van der Waals surface area contributed by atoms with Crippen molar-refractivity contribution in [3.63, 3.8) is 0 Å². The quantitative estimate of drug-likeness (QED) is 0.402. The van der Waals surface area contributed by atoms with Crippen molar-refractivity contribution in [1.82, 2.24) is 4.90 Å². The fraction of sp³-hybridized carbons (Fsp3) is 0.455. The third-order valence-electron chi connectivity index (χ3n) is 6.30. The zero-order chi connectivity index (χ0) is 21.7. The molecule has 4 rings (SSSR count). The molecule has 2 aliphatic carbocycles. The number of imide groups is 1. The number of hydrogen-bond donors (Lipinski definition) is 1. The Kier molecular flexibility index (Phi) is 5.30. The minimum atomic E-state index is -1.06. The van der Waals surface area contributed by atoms with Gasteiger partial charge in [-0.15, -0.1) is 0 Å². The Hall–Kier alpha value is -2.48. The van der Waals surface area contributed by atoms with E-state index in [0.29, 0.717) is 5.69 Å². The van der Waals surface area contributed by atoms with Crippen molar-refractivity contribution in [1.29, 1.82) is 0 Å². The van der Waals surface area contributed by atoms with E-state index in [9.17, 15) is 19.2 Å². The summed E-state index contributed by atoms with van der Waals surface area (Å²) in [6.45, 7) is 4.80. The maximum absolute atomic E-state index is 12.8. The molecule has 0 unspecified atom stereocenters. The monoisotopic (exact) mass is 474 g/mol. The summed E-state index contributed by atoms with van der Waals surface area (Å²) in [7, 11) is 0. The highest BCUT2D eigenvalue weighted by molar-refractivity contribution is 9.10. The van der Waals surface area contributed by atoms with Crippen LogP contribution in [0.5, 0.6) is 0 Å². The number of carbonyl (C=O) groups excluding carboxylic acids is 4. The highest BCUT2D eigenvalue weighted by atomic mass is 79.9. The molecule has 1 saturated heterocycles. The van der Waals surface area contributed by atoms with Gasteiger partial charge in [0.05, 0.1) is 11.8 Å². The lowest BCUT2D eigenvalue weighted by Gasteiger charge is -2.23. The van der Waals surface area contributed by atoms with Gasteiger partial charge in [-0.2, -0.15) is 0 Å². The Morgan fingerprint density at radius 1 is 1.13 bits per heavy atom. The van der Waals surface area contributed by atoms with Crippen LogP contribution in [-0.2, 0) is 23.9 Å². The van der Waals surface area contributed by atoms with Gasteiger partial charge in [-0.3, -0.25) is 19.3 Å². The number of fused-ring (bicyclic) bond motifs is 5. The number of aryl methyl sites for hydroxylation is 2. The van der Waals surface area contributed by atoms with Crippen LogP contribution in [0.15, 0.2) is 28.8 Å². The van der Waals surface area contributed by atoms with Gasteiger partial charge in [0.25, 0.3) is 5.91 Å². The molecule has 5 atom stereocenters. The molecule has 30 heavy (non-hydrogen) atoms. The number of esters is 1. The lowest BCUT2D eigenvalue weighted by Crippen LogP contribution is -2.45. The molecule has 0 spiro atoms. The second kappa shape index (κ2) is 7.65. The highest BCUT2D eigenvalue weighted by Gasteiger charge is 2.60. The van der Waals surface area contributed by atoms with Crippen LogP contribution in [0.1, 0.15) is 24.5 Å². The van der Waals surface area contributed by atoms with E-state index in [1.54, 1.807) is 0 Å². The average molecular weight is 475 g/mol. The number of halogens is 1. The molecule has 2 fully saturated rings. The summed E-state index contributed by atoms with van der Waals surface area (Å²) < 4.78 is 6.07. The fourth-order valence-corrected chi connectivity index (χ4v) is 5.11. The van der Waals surface area contributed by atoms with Crippen LogP contribution < -0.4 is 5.32 Å². The molecule has 3 amide bonds. The topological polar surface area (TPSA) is 92.8 Å². The number of anilines is 1. The number of carbonyl (C=O) groups is 4. The predicted octanol–water partition coefficient (Wildman–Crippen LogP) is 2.74. The lowest BCUT2D eigenvalue weighted by molar-refractivity contribution is -0.159. The number of ether oxygens (including phenoxy) is 1.